The van der Waals surface area contributed by atoms with Crippen LogP contribution in [0.3, 0.4) is 0 Å². The zero-order chi connectivity index (χ0) is 19.4. The summed E-state index contributed by atoms with van der Waals surface area (Å²) in [5.41, 5.74) is -0.922. The lowest BCUT2D eigenvalue weighted by atomic mass is 9.67. The van der Waals surface area contributed by atoms with Crippen LogP contribution in [0.5, 0.6) is 0 Å². The van der Waals surface area contributed by atoms with Gasteiger partial charge in [-0.05, 0) is 30.8 Å². The molecular formula is C20H26O6. The van der Waals surface area contributed by atoms with Gasteiger partial charge in [-0.2, -0.15) is 0 Å². The molecule has 0 amide bonds. The van der Waals surface area contributed by atoms with E-state index in [0.29, 0.717) is 0 Å². The molecule has 1 N–H and O–H groups in total. The van der Waals surface area contributed by atoms with Crippen LogP contribution in [0, 0.1) is 29.1 Å². The van der Waals surface area contributed by atoms with E-state index in [4.69, 9.17) is 9.47 Å². The van der Waals surface area contributed by atoms with E-state index in [9.17, 15) is 19.5 Å². The van der Waals surface area contributed by atoms with Gasteiger partial charge in [-0.3, -0.25) is 9.59 Å². The standard InChI is InChI=1S/C20H26O6/c1-9(2)8-14(22)25-18-15-11(4)19(24)26-17(15)16(23)10(3)12-6-7-13(21)20(12,18)5/h6-7,9-10,12,15-18,23H,4,8H2,1-3,5H3/t10-,12-,15+,16+,17-,18-,20-/m0/s1. The van der Waals surface area contributed by atoms with Crippen molar-refractivity contribution in [3.05, 3.63) is 24.3 Å². The molecule has 7 atom stereocenters. The molecule has 0 aromatic rings. The summed E-state index contributed by atoms with van der Waals surface area (Å²) in [6.45, 7) is 11.2. The minimum Gasteiger partial charge on any atom is -0.460 e. The molecule has 1 saturated heterocycles. The van der Waals surface area contributed by atoms with E-state index in [1.165, 1.54) is 6.08 Å². The maximum atomic E-state index is 12.8. The molecule has 0 bridgehead atoms. The number of carbonyl (C=O) groups is 3. The Kier molecular flexibility index (Phi) is 4.59. The van der Waals surface area contributed by atoms with Gasteiger partial charge < -0.3 is 14.6 Å². The van der Waals surface area contributed by atoms with E-state index < -0.39 is 41.6 Å². The van der Waals surface area contributed by atoms with Gasteiger partial charge in [0, 0.05) is 12.0 Å². The second-order valence-electron chi connectivity index (χ2n) is 8.31. The molecule has 0 aromatic carbocycles. The predicted octanol–water partition coefficient (Wildman–Crippen LogP) is 1.81. The van der Waals surface area contributed by atoms with Gasteiger partial charge in [0.25, 0.3) is 0 Å². The van der Waals surface area contributed by atoms with Gasteiger partial charge >= 0.3 is 11.9 Å². The van der Waals surface area contributed by atoms with Crippen molar-refractivity contribution in [2.75, 3.05) is 0 Å². The normalized spacial score (nSPS) is 41.7. The topological polar surface area (TPSA) is 89.9 Å². The molecule has 6 nitrogen and oxygen atoms in total. The Morgan fingerprint density at radius 2 is 2.08 bits per heavy atom. The Hall–Kier alpha value is -1.95. The van der Waals surface area contributed by atoms with Crippen LogP contribution >= 0.6 is 0 Å². The molecule has 0 aromatic heterocycles. The Morgan fingerprint density at radius 1 is 1.42 bits per heavy atom. The number of esters is 2. The first-order valence-electron chi connectivity index (χ1n) is 9.09. The number of fused-ring (bicyclic) bond motifs is 2. The van der Waals surface area contributed by atoms with Crippen molar-refractivity contribution in [3.63, 3.8) is 0 Å². The van der Waals surface area contributed by atoms with Crippen LogP contribution in [0.1, 0.15) is 34.1 Å². The maximum absolute atomic E-state index is 12.8. The lowest BCUT2D eigenvalue weighted by Gasteiger charge is -2.39. The SMILES string of the molecule is C=C1C(=O)O[C@@H]2[C@H](O)[C@@H](C)[C@@H]3C=CC(=O)[C@@]3(C)[C@@H](OC(=O)CC(C)C)[C@H]12. The third-order valence-corrected chi connectivity index (χ3v) is 6.13. The van der Waals surface area contributed by atoms with Gasteiger partial charge in [-0.25, -0.2) is 4.79 Å². The van der Waals surface area contributed by atoms with Crippen molar-refractivity contribution in [3.8, 4) is 0 Å². The Labute approximate surface area is 153 Å². The van der Waals surface area contributed by atoms with Crippen LogP contribution in [0.25, 0.3) is 0 Å². The highest BCUT2D eigenvalue weighted by Crippen LogP contribution is 2.54. The first-order chi connectivity index (χ1) is 12.1. The zero-order valence-corrected chi connectivity index (χ0v) is 15.6. The van der Waals surface area contributed by atoms with Crippen LogP contribution in [0.2, 0.25) is 0 Å². The van der Waals surface area contributed by atoms with Crippen molar-refractivity contribution < 1.29 is 29.0 Å². The molecule has 0 unspecified atom stereocenters. The molecule has 3 rings (SSSR count). The average Bonchev–Trinajstić information content (AvgIpc) is 2.99. The molecule has 2 fully saturated rings. The molecule has 6 heteroatoms. The van der Waals surface area contributed by atoms with Crippen LogP contribution in [-0.4, -0.2) is 41.1 Å². The molecule has 1 heterocycles. The van der Waals surface area contributed by atoms with Crippen LogP contribution in [-0.2, 0) is 23.9 Å². The second kappa shape index (κ2) is 6.34. The van der Waals surface area contributed by atoms with Crippen molar-refractivity contribution in [2.24, 2.45) is 29.1 Å². The Balaban J connectivity index is 2.08. The monoisotopic (exact) mass is 362 g/mol. The zero-order valence-electron chi connectivity index (χ0n) is 15.6. The summed E-state index contributed by atoms with van der Waals surface area (Å²) >= 11 is 0. The van der Waals surface area contributed by atoms with Gasteiger partial charge in [-0.15, -0.1) is 0 Å². The van der Waals surface area contributed by atoms with Crippen molar-refractivity contribution in [1.82, 2.24) is 0 Å². The largest absolute Gasteiger partial charge is 0.460 e. The number of ether oxygens (including phenoxy) is 2. The average molecular weight is 362 g/mol. The Morgan fingerprint density at radius 3 is 2.69 bits per heavy atom. The summed E-state index contributed by atoms with van der Waals surface area (Å²) in [6, 6.07) is 0. The summed E-state index contributed by atoms with van der Waals surface area (Å²) in [4.78, 5) is 37.4. The first-order valence-corrected chi connectivity index (χ1v) is 9.09. The fourth-order valence-corrected chi connectivity index (χ4v) is 4.63. The molecule has 1 aliphatic heterocycles. The smallest absolute Gasteiger partial charge is 0.334 e. The Bertz CT molecular complexity index is 692. The van der Waals surface area contributed by atoms with Gasteiger partial charge in [0.2, 0.25) is 0 Å². The number of hydrogen-bond acceptors (Lipinski definition) is 6. The predicted molar refractivity (Wildman–Crippen MR) is 92.8 cm³/mol. The highest BCUT2D eigenvalue weighted by molar-refractivity contribution is 5.99. The molecular weight excluding hydrogens is 336 g/mol. The molecule has 0 spiro atoms. The lowest BCUT2D eigenvalue weighted by Crippen LogP contribution is -2.49. The number of ketones is 1. The second-order valence-corrected chi connectivity index (χ2v) is 8.31. The summed E-state index contributed by atoms with van der Waals surface area (Å²) in [7, 11) is 0. The van der Waals surface area contributed by atoms with Crippen molar-refractivity contribution in [1.29, 1.82) is 0 Å². The molecule has 1 saturated carbocycles. The third kappa shape index (κ3) is 2.62. The van der Waals surface area contributed by atoms with Gasteiger partial charge in [0.1, 0.15) is 12.2 Å². The summed E-state index contributed by atoms with van der Waals surface area (Å²) in [6.07, 6.45) is 0.700. The number of hydrogen-bond donors (Lipinski definition) is 1. The molecule has 3 aliphatic rings. The maximum Gasteiger partial charge on any atom is 0.334 e. The quantitative estimate of drug-likeness (QED) is 0.608. The summed E-state index contributed by atoms with van der Waals surface area (Å²) in [5, 5.41) is 10.8. The van der Waals surface area contributed by atoms with E-state index >= 15 is 0 Å². The first kappa shape index (κ1) is 18.8. The molecule has 142 valence electrons. The van der Waals surface area contributed by atoms with E-state index in [-0.39, 0.29) is 35.5 Å². The lowest BCUT2D eigenvalue weighted by molar-refractivity contribution is -0.165. The fraction of sp³-hybridized carbons (Fsp3) is 0.650. The number of carbonyl (C=O) groups excluding carboxylic acids is 3. The minimum atomic E-state index is -1.07. The van der Waals surface area contributed by atoms with Crippen LogP contribution in [0.15, 0.2) is 24.3 Å². The minimum absolute atomic E-state index is 0.0965. The van der Waals surface area contributed by atoms with Gasteiger partial charge in [0.15, 0.2) is 5.78 Å². The van der Waals surface area contributed by atoms with E-state index in [0.717, 1.165) is 0 Å². The molecule has 0 radical (unpaired) electrons. The highest BCUT2D eigenvalue weighted by atomic mass is 16.6. The molecule has 26 heavy (non-hydrogen) atoms. The van der Waals surface area contributed by atoms with Crippen LogP contribution in [0.4, 0.5) is 0 Å². The number of rotatable bonds is 3. The van der Waals surface area contributed by atoms with Gasteiger partial charge in [0.05, 0.1) is 17.4 Å². The van der Waals surface area contributed by atoms with Gasteiger partial charge in [-0.1, -0.05) is 33.4 Å². The van der Waals surface area contributed by atoms with E-state index in [1.54, 1.807) is 13.0 Å². The van der Waals surface area contributed by atoms with Crippen molar-refractivity contribution in [2.45, 2.75) is 52.4 Å². The van der Waals surface area contributed by atoms with E-state index in [2.05, 4.69) is 6.58 Å². The van der Waals surface area contributed by atoms with Crippen LogP contribution < -0.4 is 0 Å². The highest BCUT2D eigenvalue weighted by Gasteiger charge is 2.64. The molecule has 2 aliphatic carbocycles. The number of allylic oxidation sites excluding steroid dienone is 2. The fourth-order valence-electron chi connectivity index (χ4n) is 4.63. The summed E-state index contributed by atoms with van der Waals surface area (Å²) in [5.74, 6) is -2.52. The number of aliphatic hydroxyl groups is 1. The number of aliphatic hydroxyl groups excluding tert-OH is 1. The summed E-state index contributed by atoms with van der Waals surface area (Å²) < 4.78 is 11.2. The van der Waals surface area contributed by atoms with Crippen molar-refractivity contribution >= 4 is 17.7 Å². The van der Waals surface area contributed by atoms with E-state index in [1.807, 2.05) is 20.8 Å². The third-order valence-electron chi connectivity index (χ3n) is 6.13.